The number of carboxylic acid groups (broad SMARTS) is 3. The topological polar surface area (TPSA) is 187 Å². The average molecular weight is 785 g/mol. The van der Waals surface area contributed by atoms with E-state index in [1.165, 1.54) is 0 Å². The van der Waals surface area contributed by atoms with E-state index in [2.05, 4.69) is 16.0 Å². The molecule has 306 valence electrons. The molecule has 6 N–H and O–H groups in total. The van der Waals surface area contributed by atoms with Crippen molar-refractivity contribution in [1.29, 1.82) is 0 Å². The summed E-state index contributed by atoms with van der Waals surface area (Å²) >= 11 is 0. The molecule has 0 aliphatic carbocycles. The van der Waals surface area contributed by atoms with Gasteiger partial charge in [0.15, 0.2) is 6.61 Å². The maximum atomic E-state index is 13.9. The Morgan fingerprint density at radius 2 is 1.02 bits per heavy atom. The zero-order valence-electron chi connectivity index (χ0n) is 32.4. The predicted octanol–water partition coefficient (Wildman–Crippen LogP) is 3.73. The van der Waals surface area contributed by atoms with Crippen LogP contribution < -0.4 is 25.4 Å². The second-order valence-electron chi connectivity index (χ2n) is 15.8. The van der Waals surface area contributed by atoms with Gasteiger partial charge >= 0.3 is 17.9 Å². The molecule has 0 spiro atoms. The van der Waals surface area contributed by atoms with Crippen LogP contribution in [-0.2, 0) is 45.0 Å². The highest BCUT2D eigenvalue weighted by Gasteiger charge is 2.33. The number of amides is 1. The molecule has 6 atom stereocenters. The number of carbonyl (C=O) groups is 4. The summed E-state index contributed by atoms with van der Waals surface area (Å²) in [5, 5.41) is 39.7. The first kappa shape index (κ1) is 41.6. The molecule has 1 unspecified atom stereocenters. The van der Waals surface area contributed by atoms with Crippen molar-refractivity contribution in [3.63, 3.8) is 0 Å². The number of rotatable bonds is 21. The van der Waals surface area contributed by atoms with Gasteiger partial charge in [-0.05, 0) is 142 Å². The third-order valence-corrected chi connectivity index (χ3v) is 11.8. The van der Waals surface area contributed by atoms with E-state index in [0.717, 1.165) is 61.2 Å². The standard InChI is InChI=1S/C44H56N4O9/c49-41(28-57-37-9-3-6-31(20-37)23-40(44(54)55)35-12-15-47-26-35)48(27-32-7-1-4-29(18-32)21-38(42(50)51)33-10-13-45-24-33)16-17-56-36-8-2-5-30(19-36)22-39(43(52)53)34-11-14-46-25-34/h1-9,18-20,33-35,38-40,45-47H,10-17,21-28H2,(H,50,51)(H,52,53)(H,54,55)/t33-,34-,35-,38-,39-,40?/m0/s1. The Morgan fingerprint density at radius 1 is 0.596 bits per heavy atom. The first-order valence-electron chi connectivity index (χ1n) is 20.2. The number of nitrogens with one attached hydrogen (secondary N) is 3. The number of aliphatic carboxylic acids is 3. The normalized spacial score (nSPS) is 20.7. The molecule has 3 aromatic rings. The molecule has 1 amide bonds. The van der Waals surface area contributed by atoms with Gasteiger partial charge in [0.1, 0.15) is 18.1 Å². The molecule has 0 saturated carbocycles. The maximum Gasteiger partial charge on any atom is 0.307 e. The van der Waals surface area contributed by atoms with E-state index >= 15 is 0 Å². The van der Waals surface area contributed by atoms with Gasteiger partial charge in [0.2, 0.25) is 0 Å². The fraction of sp³-hybridized carbons (Fsp3) is 0.500. The lowest BCUT2D eigenvalue weighted by molar-refractivity contribution is -0.144. The Kier molecular flexibility index (Phi) is 14.9. The lowest BCUT2D eigenvalue weighted by Crippen LogP contribution is -2.37. The summed E-state index contributed by atoms with van der Waals surface area (Å²) in [6.45, 7) is 4.88. The molecule has 0 bridgehead atoms. The highest BCUT2D eigenvalue weighted by Crippen LogP contribution is 2.28. The Labute approximate surface area is 334 Å². The van der Waals surface area contributed by atoms with Gasteiger partial charge in [-0.15, -0.1) is 0 Å². The van der Waals surface area contributed by atoms with Crippen molar-refractivity contribution in [3.05, 3.63) is 95.1 Å². The van der Waals surface area contributed by atoms with E-state index in [4.69, 9.17) is 9.47 Å². The largest absolute Gasteiger partial charge is 0.492 e. The number of hydrogen-bond acceptors (Lipinski definition) is 9. The quantitative estimate of drug-likeness (QED) is 0.0921. The molecule has 3 aliphatic heterocycles. The summed E-state index contributed by atoms with van der Waals surface area (Å²) in [5.41, 5.74) is 3.43. The van der Waals surface area contributed by atoms with E-state index in [0.29, 0.717) is 50.4 Å². The summed E-state index contributed by atoms with van der Waals surface area (Å²) in [7, 11) is 0. The number of carboxylic acids is 3. The van der Waals surface area contributed by atoms with Crippen LogP contribution in [-0.4, -0.2) is 103 Å². The van der Waals surface area contributed by atoms with E-state index in [-0.39, 0.29) is 50.0 Å². The molecule has 6 rings (SSSR count). The van der Waals surface area contributed by atoms with Gasteiger partial charge in [-0.2, -0.15) is 0 Å². The predicted molar refractivity (Wildman–Crippen MR) is 213 cm³/mol. The minimum atomic E-state index is -0.820. The van der Waals surface area contributed by atoms with Crippen LogP contribution >= 0.6 is 0 Å². The first-order chi connectivity index (χ1) is 27.6. The van der Waals surface area contributed by atoms with Crippen molar-refractivity contribution in [2.45, 2.75) is 45.1 Å². The molecule has 3 fully saturated rings. The maximum absolute atomic E-state index is 13.9. The summed E-state index contributed by atoms with van der Waals surface area (Å²) in [6, 6.07) is 22.4. The summed E-state index contributed by atoms with van der Waals surface area (Å²) < 4.78 is 12.2. The Morgan fingerprint density at radius 3 is 1.46 bits per heavy atom. The Bertz CT molecular complexity index is 1820. The number of ether oxygens (including phenoxy) is 2. The Balaban J connectivity index is 1.12. The van der Waals surface area contributed by atoms with E-state index in [9.17, 15) is 34.5 Å². The van der Waals surface area contributed by atoms with Crippen LogP contribution in [0.4, 0.5) is 0 Å². The summed E-state index contributed by atoms with van der Waals surface area (Å²) in [6.07, 6.45) is 3.62. The highest BCUT2D eigenvalue weighted by molar-refractivity contribution is 5.78. The number of hydrogen-bond donors (Lipinski definition) is 6. The summed E-state index contributed by atoms with van der Waals surface area (Å²) in [5.74, 6) is -3.01. The molecule has 13 nitrogen and oxygen atoms in total. The fourth-order valence-corrected chi connectivity index (χ4v) is 8.59. The SMILES string of the molecule is O=C(O)C(Cc1cccc(OCC(=O)N(CCOc2cccc(C[C@H](C(=O)O)[C@H]3CCNC3)c2)Cc2cccc(C[C@H](C(=O)O)[C@H]3CCNC3)c2)c1)[C@H]1CCNC1. The van der Waals surface area contributed by atoms with Gasteiger partial charge in [0.25, 0.3) is 5.91 Å². The molecule has 3 aliphatic rings. The second kappa shape index (κ2) is 20.4. The van der Waals surface area contributed by atoms with Gasteiger partial charge < -0.3 is 45.6 Å². The zero-order chi connectivity index (χ0) is 40.1. The van der Waals surface area contributed by atoms with Crippen molar-refractivity contribution in [3.8, 4) is 11.5 Å². The van der Waals surface area contributed by atoms with Crippen LogP contribution in [0.1, 0.15) is 41.5 Å². The number of benzene rings is 3. The van der Waals surface area contributed by atoms with Gasteiger partial charge in [-0.3, -0.25) is 19.2 Å². The minimum Gasteiger partial charge on any atom is -0.492 e. The first-order valence-corrected chi connectivity index (χ1v) is 20.2. The van der Waals surface area contributed by atoms with Crippen molar-refractivity contribution in [1.82, 2.24) is 20.9 Å². The second-order valence-corrected chi connectivity index (χ2v) is 15.8. The van der Waals surface area contributed by atoms with E-state index < -0.39 is 35.7 Å². The van der Waals surface area contributed by atoms with Crippen molar-refractivity contribution < 1.29 is 44.0 Å². The van der Waals surface area contributed by atoms with Gasteiger partial charge in [-0.1, -0.05) is 48.5 Å². The van der Waals surface area contributed by atoms with E-state index in [1.807, 2.05) is 60.7 Å². The van der Waals surface area contributed by atoms with Crippen LogP contribution in [0.15, 0.2) is 72.8 Å². The molecular weight excluding hydrogens is 729 g/mol. The lowest BCUT2D eigenvalue weighted by Gasteiger charge is -2.24. The molecule has 13 heteroatoms. The van der Waals surface area contributed by atoms with Crippen LogP contribution in [0.3, 0.4) is 0 Å². The smallest absolute Gasteiger partial charge is 0.307 e. The molecule has 0 aromatic heterocycles. The molecule has 0 radical (unpaired) electrons. The molecule has 3 saturated heterocycles. The van der Waals surface area contributed by atoms with E-state index in [1.54, 1.807) is 17.0 Å². The van der Waals surface area contributed by atoms with Crippen molar-refractivity contribution >= 4 is 23.8 Å². The molecule has 3 aromatic carbocycles. The van der Waals surface area contributed by atoms with Crippen molar-refractivity contribution in [2.75, 3.05) is 59.0 Å². The molecular formula is C44H56N4O9. The number of carbonyl (C=O) groups excluding carboxylic acids is 1. The van der Waals surface area contributed by atoms with Gasteiger partial charge in [0.05, 0.1) is 24.3 Å². The van der Waals surface area contributed by atoms with Crippen molar-refractivity contribution in [2.24, 2.45) is 35.5 Å². The monoisotopic (exact) mass is 784 g/mol. The average Bonchev–Trinajstić information content (AvgIpc) is 4.03. The minimum absolute atomic E-state index is 0.0521. The highest BCUT2D eigenvalue weighted by atomic mass is 16.5. The van der Waals surface area contributed by atoms with Gasteiger partial charge in [0, 0.05) is 6.54 Å². The third kappa shape index (κ3) is 12.0. The van der Waals surface area contributed by atoms with Crippen LogP contribution in [0.25, 0.3) is 0 Å². The van der Waals surface area contributed by atoms with Crippen LogP contribution in [0, 0.1) is 35.5 Å². The molecule has 3 heterocycles. The van der Waals surface area contributed by atoms with Crippen LogP contribution in [0.2, 0.25) is 0 Å². The third-order valence-electron chi connectivity index (χ3n) is 11.8. The van der Waals surface area contributed by atoms with Crippen LogP contribution in [0.5, 0.6) is 11.5 Å². The lowest BCUT2D eigenvalue weighted by atomic mass is 9.86. The summed E-state index contributed by atoms with van der Waals surface area (Å²) in [4.78, 5) is 52.0. The molecule has 57 heavy (non-hydrogen) atoms. The zero-order valence-corrected chi connectivity index (χ0v) is 32.4. The van der Waals surface area contributed by atoms with Gasteiger partial charge in [-0.25, -0.2) is 0 Å². The number of nitrogens with zero attached hydrogens (tertiary/aromatic N) is 1. The Hall–Kier alpha value is -4.98. The fourth-order valence-electron chi connectivity index (χ4n) is 8.59.